The SMILES string of the molecule is C[SiH](C)[Zr]([C]1=c2ccccc2=CC1(C)c1cccc2ccccc12)[C]1=c2ccccc2=CC1(C)c1cccc2ccccc12.Cl.Cl. The van der Waals surface area contributed by atoms with Crippen molar-refractivity contribution in [1.29, 1.82) is 0 Å². The second-order valence-corrected chi connectivity index (χ2v) is 32.0. The van der Waals surface area contributed by atoms with Crippen molar-refractivity contribution >= 4 is 71.0 Å². The molecule has 0 bridgehead atoms. The quantitative estimate of drug-likeness (QED) is 0.159. The molecule has 6 aromatic rings. The van der Waals surface area contributed by atoms with E-state index in [0.29, 0.717) is 0 Å². The molecule has 0 amide bonds. The molecule has 2 unspecified atom stereocenters. The molecule has 2 aliphatic carbocycles. The zero-order valence-electron chi connectivity index (χ0n) is 26.8. The third-order valence-electron chi connectivity index (χ3n) is 10.2. The van der Waals surface area contributed by atoms with Crippen molar-refractivity contribution in [2.45, 2.75) is 37.8 Å². The number of halogens is 2. The Kier molecular flexibility index (Phi) is 8.98. The largest absolute Gasteiger partial charge is 0.147 e. The van der Waals surface area contributed by atoms with Crippen molar-refractivity contribution in [1.82, 2.24) is 0 Å². The third kappa shape index (κ3) is 4.96. The summed E-state index contributed by atoms with van der Waals surface area (Å²) < 4.78 is 3.56. The monoisotopic (exact) mass is 731 g/mol. The summed E-state index contributed by atoms with van der Waals surface area (Å²) >= 11 is -2.59. The van der Waals surface area contributed by atoms with E-state index in [2.05, 4.69) is 173 Å². The van der Waals surface area contributed by atoms with Crippen LogP contribution in [0.1, 0.15) is 25.0 Å². The van der Waals surface area contributed by atoms with Gasteiger partial charge in [-0.2, -0.15) is 0 Å². The number of fused-ring (bicyclic) bond motifs is 4. The molecule has 0 fully saturated rings. The second-order valence-electron chi connectivity index (χ2n) is 13.2. The Labute approximate surface area is 293 Å². The van der Waals surface area contributed by atoms with Crippen LogP contribution in [0.4, 0.5) is 0 Å². The van der Waals surface area contributed by atoms with E-state index < -0.39 is 26.8 Å². The van der Waals surface area contributed by atoms with Crippen LogP contribution < -0.4 is 20.9 Å². The van der Waals surface area contributed by atoms with Gasteiger partial charge in [0, 0.05) is 0 Å². The van der Waals surface area contributed by atoms with E-state index in [9.17, 15) is 0 Å². The molecule has 0 saturated carbocycles. The normalized spacial score (nSPS) is 19.6. The first kappa shape index (κ1) is 32.9. The maximum absolute atomic E-state index is 2.66. The van der Waals surface area contributed by atoms with Gasteiger partial charge in [0.2, 0.25) is 0 Å². The van der Waals surface area contributed by atoms with Crippen LogP contribution >= 0.6 is 24.8 Å². The zero-order valence-corrected chi connectivity index (χ0v) is 32.0. The number of hydrogen-bond acceptors (Lipinski definition) is 0. The van der Waals surface area contributed by atoms with E-state index in [4.69, 9.17) is 0 Å². The average molecular weight is 734 g/mol. The van der Waals surface area contributed by atoms with Gasteiger partial charge in [0.1, 0.15) is 0 Å². The first-order valence-electron chi connectivity index (χ1n) is 15.9. The minimum absolute atomic E-state index is 0. The minimum Gasteiger partial charge on any atom is -0.147 e. The van der Waals surface area contributed by atoms with Crippen LogP contribution in [0.3, 0.4) is 0 Å². The minimum atomic E-state index is -2.59. The van der Waals surface area contributed by atoms with Crippen LogP contribution in [0, 0.1) is 0 Å². The molecule has 4 heteroatoms. The molecule has 0 radical (unpaired) electrons. The number of rotatable bonds is 5. The van der Waals surface area contributed by atoms with E-state index in [1.54, 1.807) is 6.56 Å². The molecule has 0 heterocycles. The van der Waals surface area contributed by atoms with Crippen molar-refractivity contribution in [3.63, 3.8) is 0 Å². The summed E-state index contributed by atoms with van der Waals surface area (Å²) in [6.07, 6.45) is 5.24. The molecule has 6 aromatic carbocycles. The molecule has 0 aromatic heterocycles. The number of hydrogen-bond donors (Lipinski definition) is 0. The molecule has 2 aliphatic rings. The van der Waals surface area contributed by atoms with Gasteiger partial charge in [-0.15, -0.1) is 24.8 Å². The molecule has 8 rings (SSSR count). The van der Waals surface area contributed by atoms with Crippen molar-refractivity contribution in [3.05, 3.63) is 165 Å². The van der Waals surface area contributed by atoms with Gasteiger partial charge in [0.05, 0.1) is 0 Å². The summed E-state index contributed by atoms with van der Waals surface area (Å²) in [7, 11) is 0. The fourth-order valence-electron chi connectivity index (χ4n) is 8.36. The molecule has 0 spiro atoms. The standard InChI is InChI=1S/2C20H15.C2H7Si.2ClH.Zr/c2*1-20(13-16-8-2-3-9-17(16)14-20)19-12-6-10-15-7-4-5-11-18(15)19;1-3-2;;;/h2*2-13H,1H3;3H,1-2H3;2*1H;. The van der Waals surface area contributed by atoms with E-state index >= 15 is 0 Å². The van der Waals surface area contributed by atoms with Gasteiger partial charge in [-0.1, -0.05) is 0 Å². The van der Waals surface area contributed by atoms with Crippen LogP contribution in [-0.2, 0) is 31.7 Å². The van der Waals surface area contributed by atoms with E-state index in [-0.39, 0.29) is 35.6 Å². The van der Waals surface area contributed by atoms with Crippen molar-refractivity contribution < 1.29 is 20.9 Å². The van der Waals surface area contributed by atoms with Gasteiger partial charge in [0.25, 0.3) is 0 Å². The Morgan fingerprint density at radius 1 is 0.457 bits per heavy atom. The molecule has 46 heavy (non-hydrogen) atoms. The summed E-state index contributed by atoms with van der Waals surface area (Å²) in [4.78, 5) is 0. The third-order valence-corrected chi connectivity index (χ3v) is 29.8. The predicted molar refractivity (Wildman–Crippen MR) is 203 cm³/mol. The molecular weight excluding hydrogens is 695 g/mol. The summed E-state index contributed by atoms with van der Waals surface area (Å²) in [5.74, 6) is -1.16. The van der Waals surface area contributed by atoms with Crippen LogP contribution in [0.2, 0.25) is 13.1 Å². The van der Waals surface area contributed by atoms with E-state index in [0.717, 1.165) is 0 Å². The van der Waals surface area contributed by atoms with Crippen LogP contribution in [0.5, 0.6) is 0 Å². The Hall–Kier alpha value is -3.00. The fourth-order valence-corrected chi connectivity index (χ4v) is 30.3. The van der Waals surface area contributed by atoms with Gasteiger partial charge in [-0.25, -0.2) is 0 Å². The average Bonchev–Trinajstić information content (AvgIpc) is 3.52. The summed E-state index contributed by atoms with van der Waals surface area (Å²) in [6, 6.07) is 50.5. The Bertz CT molecular complexity index is 2200. The topological polar surface area (TPSA) is 0 Å². The molecule has 2 atom stereocenters. The van der Waals surface area contributed by atoms with Crippen LogP contribution in [-0.4, -0.2) is 5.92 Å². The smallest absolute Gasteiger partial charge is 0.147 e. The molecule has 0 aliphatic heterocycles. The van der Waals surface area contributed by atoms with Crippen molar-refractivity contribution in [2.24, 2.45) is 0 Å². The van der Waals surface area contributed by atoms with Gasteiger partial charge in [-0.05, 0) is 0 Å². The van der Waals surface area contributed by atoms with Crippen LogP contribution in [0.15, 0.2) is 133 Å². The fraction of sp³-hybridized carbons (Fsp3) is 0.143. The van der Waals surface area contributed by atoms with E-state index in [1.165, 1.54) is 53.5 Å². The van der Waals surface area contributed by atoms with Gasteiger partial charge < -0.3 is 0 Å². The first-order chi connectivity index (χ1) is 21.4. The molecule has 0 N–H and O–H groups in total. The Morgan fingerprint density at radius 2 is 0.826 bits per heavy atom. The zero-order chi connectivity index (χ0) is 30.1. The maximum Gasteiger partial charge on any atom is -0.147 e. The summed E-state index contributed by atoms with van der Waals surface area (Å²) in [5, 5.41) is 11.3. The molecule has 229 valence electrons. The molecule has 0 saturated heterocycles. The Morgan fingerprint density at radius 3 is 1.26 bits per heavy atom. The molecule has 0 nitrogen and oxygen atoms in total. The maximum atomic E-state index is 2.66. The van der Waals surface area contributed by atoms with Crippen LogP contribution in [0.25, 0.3) is 40.3 Å². The second kappa shape index (κ2) is 12.6. The number of benzene rings is 6. The predicted octanol–water partition coefficient (Wildman–Crippen LogP) is 7.86. The van der Waals surface area contributed by atoms with Gasteiger partial charge >= 0.3 is 270 Å². The summed E-state index contributed by atoms with van der Waals surface area (Å²) in [6.45, 7) is 10.4. The molecular formula is C42H39Cl2SiZr. The first-order valence-corrected chi connectivity index (χ1v) is 25.5. The van der Waals surface area contributed by atoms with E-state index in [1.807, 2.05) is 0 Å². The van der Waals surface area contributed by atoms with Gasteiger partial charge in [0.15, 0.2) is 0 Å². The van der Waals surface area contributed by atoms with Crippen molar-refractivity contribution in [3.8, 4) is 0 Å². The van der Waals surface area contributed by atoms with Crippen molar-refractivity contribution in [2.75, 3.05) is 0 Å². The Balaban J connectivity index is 0.00000186. The summed E-state index contributed by atoms with van der Waals surface area (Å²) in [5.41, 5.74) is 2.61. The van der Waals surface area contributed by atoms with Gasteiger partial charge in [-0.3, -0.25) is 0 Å².